The first-order chi connectivity index (χ1) is 21.7. The van der Waals surface area contributed by atoms with Crippen LogP contribution in [0.15, 0.2) is 60.7 Å². The number of rotatable bonds is 2. The van der Waals surface area contributed by atoms with Crippen LogP contribution in [0, 0.1) is 5.82 Å². The van der Waals surface area contributed by atoms with E-state index in [0.29, 0.717) is 47.2 Å². The van der Waals surface area contributed by atoms with Crippen LogP contribution in [0.25, 0.3) is 10.9 Å². The molecule has 12 heteroatoms. The van der Waals surface area contributed by atoms with Crippen molar-refractivity contribution in [3.05, 3.63) is 88.3 Å². The largest absolute Gasteiger partial charge is 0.493 e. The van der Waals surface area contributed by atoms with Crippen LogP contribution in [0.3, 0.4) is 0 Å². The molecule has 6 rings (SSSR count). The lowest BCUT2D eigenvalue weighted by atomic mass is 10.0. The number of fused-ring (bicyclic) bond motifs is 6. The molecule has 0 aliphatic carbocycles. The van der Waals surface area contributed by atoms with E-state index in [2.05, 4.69) is 15.6 Å². The summed E-state index contributed by atoms with van der Waals surface area (Å²) in [5, 5.41) is 7.17. The van der Waals surface area contributed by atoms with Gasteiger partial charge in [0.1, 0.15) is 23.4 Å². The second-order valence-electron chi connectivity index (χ2n) is 11.1. The number of methoxy groups -OCH3 is 1. The van der Waals surface area contributed by atoms with Gasteiger partial charge in [-0.1, -0.05) is 17.7 Å². The van der Waals surface area contributed by atoms with Crippen LogP contribution in [0.4, 0.5) is 4.39 Å². The molecule has 0 unspecified atom stereocenters. The monoisotopic (exact) mass is 634 g/mol. The lowest BCUT2D eigenvalue weighted by Crippen LogP contribution is -2.58. The van der Waals surface area contributed by atoms with Gasteiger partial charge in [-0.25, -0.2) is 4.39 Å². The number of aryl methyl sites for hydroxylation is 1. The minimum absolute atomic E-state index is 0.118. The van der Waals surface area contributed by atoms with Gasteiger partial charge in [-0.3, -0.25) is 14.4 Å². The Labute approximate surface area is 263 Å². The first kappa shape index (κ1) is 30.3. The Kier molecular flexibility index (Phi) is 8.79. The number of H-pyrrole nitrogens is 1. The molecular weight excluding hydrogens is 603 g/mol. The van der Waals surface area contributed by atoms with Gasteiger partial charge < -0.3 is 34.7 Å². The minimum atomic E-state index is -0.642. The van der Waals surface area contributed by atoms with E-state index in [1.165, 1.54) is 19.2 Å². The third-order valence-corrected chi connectivity index (χ3v) is 8.17. The number of aromatic nitrogens is 1. The fraction of sp³-hybridized carbons (Fsp3) is 0.303. The summed E-state index contributed by atoms with van der Waals surface area (Å²) in [7, 11) is 1.50. The molecule has 1 aromatic heterocycles. The molecule has 4 aromatic rings. The van der Waals surface area contributed by atoms with Gasteiger partial charge >= 0.3 is 0 Å². The molecule has 1 saturated heterocycles. The maximum absolute atomic E-state index is 14.6. The number of likely N-dealkylation sites (tertiary alicyclic amines) is 1. The van der Waals surface area contributed by atoms with Crippen LogP contribution < -0.4 is 24.8 Å². The Morgan fingerprint density at radius 3 is 2.73 bits per heavy atom. The number of nitrogens with one attached hydrogen (secondary N) is 3. The summed E-state index contributed by atoms with van der Waals surface area (Å²) in [4.78, 5) is 44.2. The van der Waals surface area contributed by atoms with E-state index in [1.807, 2.05) is 12.1 Å². The average molecular weight is 635 g/mol. The maximum Gasteiger partial charge on any atom is 0.270 e. The van der Waals surface area contributed by atoms with Crippen molar-refractivity contribution in [1.82, 2.24) is 20.5 Å². The molecule has 234 valence electrons. The molecule has 3 aromatic carbocycles. The van der Waals surface area contributed by atoms with Gasteiger partial charge in [0, 0.05) is 54.5 Å². The standard InChI is InChI=1S/C33H32ClFN4O6/c1-43-29-6-2-19-3-7-31(40)36-16-20-10-23(35)15-24(11-20)45-28-8-9-39(17-27(28)38-32(41)18-44-30(29)12-19)33(42)26-14-21-13-22(34)4-5-25(21)37-26/h2,4-6,10-15,27-28,37H,3,7-9,16-18H2,1H3,(H,36,40)(H,38,41)/t27-,28-/m1/s1. The highest BCUT2D eigenvalue weighted by molar-refractivity contribution is 6.31. The summed E-state index contributed by atoms with van der Waals surface area (Å²) in [6, 6.07) is 16.0. The van der Waals surface area contributed by atoms with E-state index >= 15 is 0 Å². The minimum Gasteiger partial charge on any atom is -0.493 e. The van der Waals surface area contributed by atoms with Gasteiger partial charge in [-0.15, -0.1) is 0 Å². The van der Waals surface area contributed by atoms with Crippen molar-refractivity contribution in [1.29, 1.82) is 0 Å². The lowest BCUT2D eigenvalue weighted by molar-refractivity contribution is -0.125. The van der Waals surface area contributed by atoms with Gasteiger partial charge in [-0.05, 0) is 66.1 Å². The molecule has 0 radical (unpaired) electrons. The number of carbonyl (C=O) groups is 3. The summed E-state index contributed by atoms with van der Waals surface area (Å²) in [6.45, 7) is 0.268. The quantitative estimate of drug-likeness (QED) is 0.301. The third kappa shape index (κ3) is 7.15. The van der Waals surface area contributed by atoms with Crippen LogP contribution >= 0.6 is 11.6 Å². The number of benzene rings is 3. The van der Waals surface area contributed by atoms with Crippen LogP contribution in [0.2, 0.25) is 5.02 Å². The maximum atomic E-state index is 14.6. The molecule has 2 aliphatic heterocycles. The summed E-state index contributed by atoms with van der Waals surface area (Å²) >= 11 is 6.13. The molecule has 0 spiro atoms. The van der Waals surface area contributed by atoms with Gasteiger partial charge in [0.15, 0.2) is 18.1 Å². The number of aromatic amines is 1. The van der Waals surface area contributed by atoms with E-state index in [-0.39, 0.29) is 43.7 Å². The van der Waals surface area contributed by atoms with Gasteiger partial charge in [0.05, 0.1) is 13.2 Å². The zero-order valence-electron chi connectivity index (χ0n) is 24.5. The molecule has 1 fully saturated rings. The normalized spacial score (nSPS) is 19.2. The number of nitrogens with zero attached hydrogens (tertiary/aromatic N) is 1. The van der Waals surface area contributed by atoms with E-state index < -0.39 is 23.9 Å². The first-order valence-electron chi connectivity index (χ1n) is 14.6. The van der Waals surface area contributed by atoms with Crippen LogP contribution in [0.5, 0.6) is 17.2 Å². The lowest BCUT2D eigenvalue weighted by Gasteiger charge is -2.38. The molecule has 3 amide bonds. The Hall–Kier alpha value is -4.77. The first-order valence-corrected chi connectivity index (χ1v) is 15.0. The number of hydrogen-bond acceptors (Lipinski definition) is 6. The SMILES string of the molecule is COc1ccc2cc1OCC(=O)N[C@@H]1CN(C(=O)c3cc4cc(Cl)ccc4[nH]3)CC[C@H]1Oc1cc(F)cc(c1)CNC(=O)CC2. The smallest absolute Gasteiger partial charge is 0.270 e. The number of carbonyl (C=O) groups excluding carboxylic acids is 3. The van der Waals surface area contributed by atoms with Gasteiger partial charge in [0.2, 0.25) is 5.91 Å². The number of ether oxygens (including phenoxy) is 3. The van der Waals surface area contributed by atoms with Crippen LogP contribution in [-0.4, -0.2) is 66.6 Å². The van der Waals surface area contributed by atoms with Crippen molar-refractivity contribution in [2.75, 3.05) is 26.8 Å². The number of amides is 3. The second kappa shape index (κ2) is 13.1. The van der Waals surface area contributed by atoms with E-state index in [0.717, 1.165) is 16.5 Å². The van der Waals surface area contributed by atoms with Gasteiger partial charge in [0.25, 0.3) is 11.8 Å². The summed E-state index contributed by atoms with van der Waals surface area (Å²) in [5.74, 6) is -0.321. The molecule has 45 heavy (non-hydrogen) atoms. The summed E-state index contributed by atoms with van der Waals surface area (Å²) < 4.78 is 32.1. The van der Waals surface area contributed by atoms with E-state index in [9.17, 15) is 18.8 Å². The predicted octanol–water partition coefficient (Wildman–Crippen LogP) is 4.39. The summed E-state index contributed by atoms with van der Waals surface area (Å²) in [5.41, 5.74) is 2.53. The van der Waals surface area contributed by atoms with Crippen molar-refractivity contribution < 1.29 is 33.0 Å². The van der Waals surface area contributed by atoms with Crippen LogP contribution in [-0.2, 0) is 22.6 Å². The molecular formula is C33H32ClFN4O6. The number of piperidine rings is 1. The third-order valence-electron chi connectivity index (χ3n) is 7.93. The van der Waals surface area contributed by atoms with Crippen LogP contribution in [0.1, 0.15) is 34.5 Å². The zero-order chi connectivity index (χ0) is 31.5. The Bertz CT molecular complexity index is 1760. The fourth-order valence-corrected chi connectivity index (χ4v) is 5.86. The highest BCUT2D eigenvalue weighted by Crippen LogP contribution is 2.29. The van der Waals surface area contributed by atoms with Crippen molar-refractivity contribution in [2.24, 2.45) is 0 Å². The molecule has 2 aliphatic rings. The molecule has 3 heterocycles. The molecule has 10 nitrogen and oxygen atoms in total. The number of halogens is 2. The molecule has 2 atom stereocenters. The fourth-order valence-electron chi connectivity index (χ4n) is 5.68. The van der Waals surface area contributed by atoms with Gasteiger partial charge in [-0.2, -0.15) is 0 Å². The number of hydrogen-bond donors (Lipinski definition) is 3. The second-order valence-corrected chi connectivity index (χ2v) is 11.6. The van der Waals surface area contributed by atoms with Crippen molar-refractivity contribution in [2.45, 2.75) is 38.0 Å². The molecule has 3 N–H and O–H groups in total. The molecule has 4 bridgehead atoms. The molecule has 0 saturated carbocycles. The zero-order valence-corrected chi connectivity index (χ0v) is 25.3. The highest BCUT2D eigenvalue weighted by Gasteiger charge is 2.35. The van der Waals surface area contributed by atoms with Crippen molar-refractivity contribution in [3.63, 3.8) is 0 Å². The Morgan fingerprint density at radius 2 is 1.89 bits per heavy atom. The van der Waals surface area contributed by atoms with Crippen molar-refractivity contribution in [3.8, 4) is 17.2 Å². The highest BCUT2D eigenvalue weighted by atomic mass is 35.5. The average Bonchev–Trinajstić information content (AvgIpc) is 3.45. The summed E-state index contributed by atoms with van der Waals surface area (Å²) in [6.07, 6.45) is 0.408. The Morgan fingerprint density at radius 1 is 1.02 bits per heavy atom. The van der Waals surface area contributed by atoms with E-state index in [1.54, 1.807) is 41.3 Å². The van der Waals surface area contributed by atoms with Crippen molar-refractivity contribution >= 4 is 40.2 Å². The Balaban J connectivity index is 1.27. The predicted molar refractivity (Wildman–Crippen MR) is 165 cm³/mol. The topological polar surface area (TPSA) is 122 Å². The van der Waals surface area contributed by atoms with E-state index in [4.69, 9.17) is 25.8 Å².